The summed E-state index contributed by atoms with van der Waals surface area (Å²) in [4.78, 5) is 14.7. The van der Waals surface area contributed by atoms with Gasteiger partial charge in [0.15, 0.2) is 0 Å². The summed E-state index contributed by atoms with van der Waals surface area (Å²) in [6.07, 6.45) is 2.74. The lowest BCUT2D eigenvalue weighted by atomic mass is 10.1. The van der Waals surface area contributed by atoms with E-state index in [1.165, 1.54) is 15.3 Å². The van der Waals surface area contributed by atoms with Crippen molar-refractivity contribution >= 4 is 27.3 Å². The molecular formula is C19H21N3O3S2. The quantitative estimate of drug-likeness (QED) is 0.768. The van der Waals surface area contributed by atoms with Crippen LogP contribution in [0.2, 0.25) is 0 Å². The summed E-state index contributed by atoms with van der Waals surface area (Å²) < 4.78 is 27.4. The predicted molar refractivity (Wildman–Crippen MR) is 104 cm³/mol. The zero-order valence-corrected chi connectivity index (χ0v) is 16.7. The van der Waals surface area contributed by atoms with Crippen LogP contribution in [0.25, 0.3) is 0 Å². The molecule has 0 bridgehead atoms. The molecule has 3 rings (SSSR count). The largest absolute Gasteiger partial charge is 0.337 e. The minimum Gasteiger partial charge on any atom is -0.337 e. The first-order valence-electron chi connectivity index (χ1n) is 8.75. The van der Waals surface area contributed by atoms with Crippen molar-refractivity contribution in [3.63, 3.8) is 0 Å². The van der Waals surface area contributed by atoms with Gasteiger partial charge in [-0.3, -0.25) is 4.79 Å². The van der Waals surface area contributed by atoms with Gasteiger partial charge in [-0.05, 0) is 42.0 Å². The molecule has 2 aromatic rings. The van der Waals surface area contributed by atoms with Gasteiger partial charge < -0.3 is 4.90 Å². The zero-order valence-electron chi connectivity index (χ0n) is 15.1. The Bertz CT molecular complexity index is 953. The van der Waals surface area contributed by atoms with Crippen LogP contribution in [0.5, 0.6) is 0 Å². The van der Waals surface area contributed by atoms with Crippen LogP contribution >= 0.6 is 11.3 Å². The molecule has 0 radical (unpaired) electrons. The highest BCUT2D eigenvalue weighted by Crippen LogP contribution is 2.28. The van der Waals surface area contributed by atoms with E-state index >= 15 is 0 Å². The van der Waals surface area contributed by atoms with Crippen molar-refractivity contribution in [1.82, 2.24) is 9.21 Å². The topological polar surface area (TPSA) is 81.5 Å². The molecule has 1 aromatic carbocycles. The molecule has 0 atom stereocenters. The van der Waals surface area contributed by atoms with E-state index in [0.29, 0.717) is 25.2 Å². The Balaban J connectivity index is 1.79. The fourth-order valence-electron chi connectivity index (χ4n) is 3.10. The molecule has 1 saturated heterocycles. The first kappa shape index (κ1) is 19.5. The Morgan fingerprint density at radius 2 is 1.85 bits per heavy atom. The fourth-order valence-corrected chi connectivity index (χ4v) is 6.01. The number of hydrogen-bond donors (Lipinski definition) is 0. The molecule has 6 nitrogen and oxygen atoms in total. The SMILES string of the molecule is CN(Cc1ccc(C#N)cc1)C(=O)c1sccc1S(=O)(=O)N1CCCCC1. The standard InChI is InChI=1S/C19H21N3O3S2/c1-21(14-16-7-5-15(13-20)6-8-16)19(23)18-17(9-12-26-18)27(24,25)22-10-3-2-4-11-22/h5-9,12H,2-4,10-11,14H2,1H3. The van der Waals surface area contributed by atoms with Crippen LogP contribution < -0.4 is 0 Å². The van der Waals surface area contributed by atoms with Gasteiger partial charge in [0.05, 0.1) is 11.6 Å². The molecule has 1 amide bonds. The molecule has 0 N–H and O–H groups in total. The second kappa shape index (κ2) is 8.21. The number of hydrogen-bond acceptors (Lipinski definition) is 5. The summed E-state index contributed by atoms with van der Waals surface area (Å²) in [5, 5.41) is 10.5. The molecule has 1 aliphatic heterocycles. The summed E-state index contributed by atoms with van der Waals surface area (Å²) in [7, 11) is -2.00. The van der Waals surface area contributed by atoms with Gasteiger partial charge in [0, 0.05) is 26.7 Å². The highest BCUT2D eigenvalue weighted by Gasteiger charge is 2.31. The number of amides is 1. The van der Waals surface area contributed by atoms with Crippen LogP contribution in [0.4, 0.5) is 0 Å². The van der Waals surface area contributed by atoms with E-state index in [0.717, 1.165) is 36.2 Å². The monoisotopic (exact) mass is 403 g/mol. The fraction of sp³-hybridized carbons (Fsp3) is 0.368. The predicted octanol–water partition coefficient (Wildman–Crippen LogP) is 3.07. The van der Waals surface area contributed by atoms with Gasteiger partial charge in [0.2, 0.25) is 10.0 Å². The summed E-state index contributed by atoms with van der Waals surface area (Å²) >= 11 is 1.15. The van der Waals surface area contributed by atoms with Crippen LogP contribution in [0.3, 0.4) is 0 Å². The molecule has 2 heterocycles. The highest BCUT2D eigenvalue weighted by molar-refractivity contribution is 7.89. The molecule has 142 valence electrons. The minimum absolute atomic E-state index is 0.103. The number of nitriles is 1. The molecule has 1 aromatic heterocycles. The number of carbonyl (C=O) groups is 1. The van der Waals surface area contributed by atoms with Gasteiger partial charge in [-0.2, -0.15) is 9.57 Å². The van der Waals surface area contributed by atoms with Gasteiger partial charge in [0.25, 0.3) is 5.91 Å². The van der Waals surface area contributed by atoms with E-state index in [1.807, 2.05) is 0 Å². The lowest BCUT2D eigenvalue weighted by molar-refractivity contribution is 0.0786. The Hall–Kier alpha value is -2.21. The Morgan fingerprint density at radius 3 is 2.48 bits per heavy atom. The second-order valence-corrected chi connectivity index (χ2v) is 9.37. The van der Waals surface area contributed by atoms with Crippen molar-refractivity contribution in [3.05, 3.63) is 51.7 Å². The van der Waals surface area contributed by atoms with Crippen molar-refractivity contribution in [2.45, 2.75) is 30.7 Å². The van der Waals surface area contributed by atoms with E-state index in [4.69, 9.17) is 5.26 Å². The number of rotatable bonds is 5. The molecule has 27 heavy (non-hydrogen) atoms. The van der Waals surface area contributed by atoms with Crippen molar-refractivity contribution in [1.29, 1.82) is 5.26 Å². The lowest BCUT2D eigenvalue weighted by Gasteiger charge is -2.26. The van der Waals surface area contributed by atoms with Crippen molar-refractivity contribution in [2.24, 2.45) is 0 Å². The molecule has 0 aliphatic carbocycles. The average Bonchev–Trinajstić information content (AvgIpc) is 3.19. The van der Waals surface area contributed by atoms with Crippen molar-refractivity contribution < 1.29 is 13.2 Å². The second-order valence-electron chi connectivity index (χ2n) is 6.55. The number of sulfonamides is 1. The molecule has 0 unspecified atom stereocenters. The first-order chi connectivity index (χ1) is 12.9. The van der Waals surface area contributed by atoms with E-state index in [1.54, 1.807) is 36.7 Å². The van der Waals surface area contributed by atoms with Gasteiger partial charge in [-0.15, -0.1) is 11.3 Å². The lowest BCUT2D eigenvalue weighted by Crippen LogP contribution is -2.36. The van der Waals surface area contributed by atoms with Gasteiger partial charge in [0.1, 0.15) is 9.77 Å². The zero-order chi connectivity index (χ0) is 19.4. The third-order valence-corrected chi connectivity index (χ3v) is 7.58. The number of thiophene rings is 1. The Kier molecular flexibility index (Phi) is 5.95. The van der Waals surface area contributed by atoms with Crippen molar-refractivity contribution in [3.8, 4) is 6.07 Å². The molecule has 0 spiro atoms. The molecule has 1 fully saturated rings. The van der Waals surface area contributed by atoms with Crippen molar-refractivity contribution in [2.75, 3.05) is 20.1 Å². The summed E-state index contributed by atoms with van der Waals surface area (Å²) in [5.74, 6) is -0.315. The average molecular weight is 404 g/mol. The van der Waals surface area contributed by atoms with E-state index in [9.17, 15) is 13.2 Å². The number of carbonyl (C=O) groups excluding carboxylic acids is 1. The van der Waals surface area contributed by atoms with Crippen LogP contribution in [0.1, 0.15) is 40.1 Å². The van der Waals surface area contributed by atoms with E-state index in [-0.39, 0.29) is 15.7 Å². The summed E-state index contributed by atoms with van der Waals surface area (Å²) in [6, 6.07) is 10.6. The number of benzene rings is 1. The Morgan fingerprint density at radius 1 is 1.19 bits per heavy atom. The molecule has 0 saturated carbocycles. The molecular weight excluding hydrogens is 382 g/mol. The van der Waals surface area contributed by atoms with E-state index in [2.05, 4.69) is 6.07 Å². The van der Waals surface area contributed by atoms with Crippen LogP contribution in [0, 0.1) is 11.3 Å². The maximum absolute atomic E-state index is 13.0. The van der Waals surface area contributed by atoms with Crippen LogP contribution in [0.15, 0.2) is 40.6 Å². The number of piperidine rings is 1. The molecule has 1 aliphatic rings. The maximum atomic E-state index is 13.0. The summed E-state index contributed by atoms with van der Waals surface area (Å²) in [6.45, 7) is 1.35. The number of nitrogens with zero attached hydrogens (tertiary/aromatic N) is 3. The third-order valence-electron chi connectivity index (χ3n) is 4.61. The third kappa shape index (κ3) is 4.21. The highest BCUT2D eigenvalue weighted by atomic mass is 32.2. The molecule has 8 heteroatoms. The summed E-state index contributed by atoms with van der Waals surface area (Å²) in [5.41, 5.74) is 1.43. The van der Waals surface area contributed by atoms with Gasteiger partial charge in [-0.25, -0.2) is 8.42 Å². The van der Waals surface area contributed by atoms with E-state index < -0.39 is 10.0 Å². The normalized spacial score (nSPS) is 15.3. The maximum Gasteiger partial charge on any atom is 0.265 e. The smallest absolute Gasteiger partial charge is 0.265 e. The minimum atomic E-state index is -3.65. The van der Waals surface area contributed by atoms with Crippen LogP contribution in [-0.2, 0) is 16.6 Å². The van der Waals surface area contributed by atoms with Gasteiger partial charge >= 0.3 is 0 Å². The van der Waals surface area contributed by atoms with Gasteiger partial charge in [-0.1, -0.05) is 18.6 Å². The van der Waals surface area contributed by atoms with Crippen LogP contribution in [-0.4, -0.2) is 43.7 Å². The Labute approximate surface area is 163 Å². The first-order valence-corrected chi connectivity index (χ1v) is 11.1.